The van der Waals surface area contributed by atoms with Crippen LogP contribution in [0.1, 0.15) is 37.0 Å². The number of pyridine rings is 1. The lowest BCUT2D eigenvalue weighted by Gasteiger charge is -2.09. The minimum absolute atomic E-state index is 0.0194. The number of anilines is 1. The Morgan fingerprint density at radius 2 is 2.11 bits per heavy atom. The molecule has 0 saturated heterocycles. The highest BCUT2D eigenvalue weighted by Gasteiger charge is 2.30. The van der Waals surface area contributed by atoms with E-state index in [9.17, 15) is 14.4 Å². The zero-order valence-corrected chi connectivity index (χ0v) is 15.6. The van der Waals surface area contributed by atoms with Crippen LogP contribution in [0.4, 0.5) is 5.13 Å². The number of carbonyl (C=O) groups excluding carboxylic acids is 2. The molecule has 10 heteroatoms. The molecule has 140 valence electrons. The minimum Gasteiger partial charge on any atom is -0.350 e. The lowest BCUT2D eigenvalue weighted by atomic mass is 10.2. The molecule has 4 rings (SSSR count). The third kappa shape index (κ3) is 3.47. The van der Waals surface area contributed by atoms with Gasteiger partial charge in [0, 0.05) is 24.2 Å². The number of hydrogen-bond donors (Lipinski definition) is 3. The normalized spacial score (nSPS) is 13.9. The van der Waals surface area contributed by atoms with E-state index in [-0.39, 0.29) is 29.3 Å². The van der Waals surface area contributed by atoms with Crippen molar-refractivity contribution in [1.29, 1.82) is 0 Å². The molecule has 3 aromatic rings. The highest BCUT2D eigenvalue weighted by atomic mass is 32.1. The summed E-state index contributed by atoms with van der Waals surface area (Å²) in [7, 11) is 0. The highest BCUT2D eigenvalue weighted by Crippen LogP contribution is 2.33. The summed E-state index contributed by atoms with van der Waals surface area (Å²) in [5, 5.41) is 13.0. The molecule has 3 N–H and O–H groups in total. The van der Waals surface area contributed by atoms with E-state index in [4.69, 9.17) is 0 Å². The topological polar surface area (TPSA) is 122 Å². The number of rotatable bonds is 5. The van der Waals surface area contributed by atoms with E-state index in [1.807, 2.05) is 13.8 Å². The molecule has 0 aliphatic heterocycles. The molecule has 0 atom stereocenters. The Bertz CT molecular complexity index is 1090. The van der Waals surface area contributed by atoms with Crippen molar-refractivity contribution in [2.24, 2.45) is 5.92 Å². The first-order valence-corrected chi connectivity index (χ1v) is 9.43. The second-order valence-electron chi connectivity index (χ2n) is 6.76. The van der Waals surface area contributed by atoms with E-state index >= 15 is 0 Å². The third-order valence-corrected chi connectivity index (χ3v) is 5.06. The molecular weight excluding hydrogens is 368 g/mol. The van der Waals surface area contributed by atoms with E-state index in [1.54, 1.807) is 0 Å². The SMILES string of the molecule is CC(C)NC(=O)c1ccc(=O)n(-c2n[nH]c3nc(NC(=O)C4CC4)sc23)c1. The number of H-pyrrole nitrogens is 1. The van der Waals surface area contributed by atoms with Crippen molar-refractivity contribution in [3.63, 3.8) is 0 Å². The summed E-state index contributed by atoms with van der Waals surface area (Å²) in [4.78, 5) is 40.8. The summed E-state index contributed by atoms with van der Waals surface area (Å²) in [6.07, 6.45) is 3.27. The zero-order chi connectivity index (χ0) is 19.1. The molecule has 0 radical (unpaired) electrons. The van der Waals surface area contributed by atoms with Crippen molar-refractivity contribution in [3.05, 3.63) is 34.2 Å². The number of thiazole rings is 1. The standard InChI is InChI=1S/C17H18N6O3S/c1-8(2)18-16(26)10-5-6-11(24)23(7-10)14-12-13(21-22-14)19-17(27-12)20-15(25)9-3-4-9/h5-9H,3-4H2,1-2H3,(H,18,26)(H2,19,20,21,22,25). The zero-order valence-electron chi connectivity index (χ0n) is 14.8. The van der Waals surface area contributed by atoms with Gasteiger partial charge < -0.3 is 10.6 Å². The lowest BCUT2D eigenvalue weighted by Crippen LogP contribution is -2.31. The smallest absolute Gasteiger partial charge is 0.256 e. The quantitative estimate of drug-likeness (QED) is 0.616. The lowest BCUT2D eigenvalue weighted by molar-refractivity contribution is -0.117. The summed E-state index contributed by atoms with van der Waals surface area (Å²) in [6.45, 7) is 3.72. The second-order valence-corrected chi connectivity index (χ2v) is 7.76. The van der Waals surface area contributed by atoms with E-state index in [1.165, 1.54) is 34.2 Å². The number of carbonyl (C=O) groups is 2. The van der Waals surface area contributed by atoms with Gasteiger partial charge in [-0.2, -0.15) is 5.10 Å². The van der Waals surface area contributed by atoms with Crippen LogP contribution in [-0.2, 0) is 4.79 Å². The molecule has 27 heavy (non-hydrogen) atoms. The molecule has 9 nitrogen and oxygen atoms in total. The maximum atomic E-state index is 12.3. The van der Waals surface area contributed by atoms with E-state index in [0.717, 1.165) is 12.8 Å². The van der Waals surface area contributed by atoms with E-state index in [2.05, 4.69) is 25.8 Å². The van der Waals surface area contributed by atoms with Gasteiger partial charge in [0.2, 0.25) is 5.91 Å². The number of hydrogen-bond acceptors (Lipinski definition) is 6. The molecule has 0 unspecified atom stereocenters. The number of amides is 2. The molecule has 0 bridgehead atoms. The first-order valence-electron chi connectivity index (χ1n) is 8.62. The highest BCUT2D eigenvalue weighted by molar-refractivity contribution is 7.22. The third-order valence-electron chi connectivity index (χ3n) is 4.10. The molecule has 1 aliphatic rings. The fourth-order valence-electron chi connectivity index (χ4n) is 2.61. The molecular formula is C17H18N6O3S. The summed E-state index contributed by atoms with van der Waals surface area (Å²) < 4.78 is 1.93. The van der Waals surface area contributed by atoms with Crippen LogP contribution in [0.3, 0.4) is 0 Å². The Labute approximate surface area is 157 Å². The summed E-state index contributed by atoms with van der Waals surface area (Å²) in [5.74, 6) is 0.111. The molecule has 1 saturated carbocycles. The van der Waals surface area contributed by atoms with Gasteiger partial charge in [0.05, 0.1) is 5.56 Å². The molecule has 0 aromatic carbocycles. The number of aromatic nitrogens is 4. The van der Waals surface area contributed by atoms with Crippen molar-refractivity contribution in [2.45, 2.75) is 32.7 Å². The van der Waals surface area contributed by atoms with E-state index in [0.29, 0.717) is 26.9 Å². The van der Waals surface area contributed by atoms with Crippen molar-refractivity contribution < 1.29 is 9.59 Å². The van der Waals surface area contributed by atoms with Gasteiger partial charge in [-0.3, -0.25) is 24.0 Å². The second kappa shape index (κ2) is 6.62. The van der Waals surface area contributed by atoms with Crippen molar-refractivity contribution in [2.75, 3.05) is 5.32 Å². The van der Waals surface area contributed by atoms with E-state index < -0.39 is 0 Å². The molecule has 2 amide bonds. The predicted molar refractivity (Wildman–Crippen MR) is 101 cm³/mol. The van der Waals surface area contributed by atoms with Gasteiger partial charge in [0.25, 0.3) is 11.5 Å². The maximum Gasteiger partial charge on any atom is 0.256 e. The summed E-state index contributed by atoms with van der Waals surface area (Å²) >= 11 is 1.24. The van der Waals surface area contributed by atoms with Crippen LogP contribution in [0.25, 0.3) is 16.2 Å². The largest absolute Gasteiger partial charge is 0.350 e. The van der Waals surface area contributed by atoms with Crippen molar-refractivity contribution in [3.8, 4) is 5.82 Å². The Balaban J connectivity index is 1.69. The molecule has 1 fully saturated rings. The van der Waals surface area contributed by atoms with Crippen LogP contribution in [-0.4, -0.2) is 37.6 Å². The average molecular weight is 386 g/mol. The van der Waals surface area contributed by atoms with Crippen LogP contribution in [0.2, 0.25) is 0 Å². The molecule has 0 spiro atoms. The van der Waals surface area contributed by atoms with Crippen LogP contribution in [0.15, 0.2) is 23.1 Å². The van der Waals surface area contributed by atoms with Crippen LogP contribution in [0.5, 0.6) is 0 Å². The van der Waals surface area contributed by atoms with Crippen LogP contribution >= 0.6 is 11.3 Å². The minimum atomic E-state index is -0.318. The predicted octanol–water partition coefficient (Wildman–Crippen LogP) is 1.66. The Morgan fingerprint density at radius 3 is 2.81 bits per heavy atom. The Hall–Kier alpha value is -3.01. The van der Waals surface area contributed by atoms with Crippen LogP contribution in [0, 0.1) is 5.92 Å². The average Bonchev–Trinajstić information content (AvgIpc) is 3.29. The number of nitrogens with one attached hydrogen (secondary N) is 3. The molecule has 3 heterocycles. The fraction of sp³-hybridized carbons (Fsp3) is 0.353. The van der Waals surface area contributed by atoms with Crippen molar-refractivity contribution >= 4 is 38.6 Å². The first-order chi connectivity index (χ1) is 12.9. The number of aromatic amines is 1. The number of fused-ring (bicyclic) bond motifs is 1. The fourth-order valence-corrected chi connectivity index (χ4v) is 3.51. The van der Waals surface area contributed by atoms with Gasteiger partial charge in [-0.1, -0.05) is 11.3 Å². The molecule has 3 aromatic heterocycles. The monoisotopic (exact) mass is 386 g/mol. The van der Waals surface area contributed by atoms with Crippen molar-refractivity contribution in [1.82, 2.24) is 25.1 Å². The number of nitrogens with zero attached hydrogens (tertiary/aromatic N) is 3. The van der Waals surface area contributed by atoms with Gasteiger partial charge in [-0.05, 0) is 32.8 Å². The molecule has 1 aliphatic carbocycles. The Kier molecular flexibility index (Phi) is 4.27. The summed E-state index contributed by atoms with van der Waals surface area (Å²) in [6, 6.07) is 2.79. The maximum absolute atomic E-state index is 12.3. The van der Waals surface area contributed by atoms with Gasteiger partial charge in [0.1, 0.15) is 4.70 Å². The summed E-state index contributed by atoms with van der Waals surface area (Å²) in [5.41, 5.74) is 0.512. The van der Waals surface area contributed by atoms with Crippen LogP contribution < -0.4 is 16.2 Å². The Morgan fingerprint density at radius 1 is 1.33 bits per heavy atom. The van der Waals surface area contributed by atoms with Gasteiger partial charge in [-0.15, -0.1) is 0 Å². The van der Waals surface area contributed by atoms with Gasteiger partial charge in [0.15, 0.2) is 16.6 Å². The first kappa shape index (κ1) is 17.4. The van der Waals surface area contributed by atoms with Gasteiger partial charge >= 0.3 is 0 Å². The van der Waals surface area contributed by atoms with Gasteiger partial charge in [-0.25, -0.2) is 4.98 Å².